The van der Waals surface area contributed by atoms with Gasteiger partial charge in [0.25, 0.3) is 5.69 Å². The molecule has 0 aliphatic rings. The highest BCUT2D eigenvalue weighted by atomic mass is 19.2. The molecular formula is C9H11F2N3O2. The monoisotopic (exact) mass is 231 g/mol. The summed E-state index contributed by atoms with van der Waals surface area (Å²) in [5.74, 6) is -2.35. The second-order valence-electron chi connectivity index (χ2n) is 3.20. The summed E-state index contributed by atoms with van der Waals surface area (Å²) in [5.41, 5.74) is 4.40. The lowest BCUT2D eigenvalue weighted by molar-refractivity contribution is -0.384. The Kier molecular flexibility index (Phi) is 3.73. The van der Waals surface area contributed by atoms with E-state index in [1.165, 1.54) is 11.9 Å². The van der Waals surface area contributed by atoms with Crippen molar-refractivity contribution in [1.82, 2.24) is 0 Å². The van der Waals surface area contributed by atoms with Gasteiger partial charge in [-0.15, -0.1) is 0 Å². The van der Waals surface area contributed by atoms with Crippen LogP contribution in [0.3, 0.4) is 0 Å². The molecule has 2 N–H and O–H groups in total. The molecule has 0 aliphatic carbocycles. The van der Waals surface area contributed by atoms with Crippen molar-refractivity contribution in [1.29, 1.82) is 0 Å². The van der Waals surface area contributed by atoms with Gasteiger partial charge in [-0.2, -0.15) is 0 Å². The van der Waals surface area contributed by atoms with Gasteiger partial charge in [0.1, 0.15) is 0 Å². The Morgan fingerprint density at radius 2 is 2.12 bits per heavy atom. The summed E-state index contributed by atoms with van der Waals surface area (Å²) in [7, 11) is 1.41. The Morgan fingerprint density at radius 3 is 2.62 bits per heavy atom. The van der Waals surface area contributed by atoms with Crippen LogP contribution in [-0.2, 0) is 0 Å². The Labute approximate surface area is 90.6 Å². The smallest absolute Gasteiger partial charge is 0.295 e. The van der Waals surface area contributed by atoms with Crippen molar-refractivity contribution in [2.24, 2.45) is 5.73 Å². The van der Waals surface area contributed by atoms with Crippen molar-refractivity contribution in [2.75, 3.05) is 25.0 Å². The number of anilines is 1. The minimum Gasteiger partial charge on any atom is -0.365 e. The number of nitrogens with two attached hydrogens (primary N) is 1. The van der Waals surface area contributed by atoms with Crippen molar-refractivity contribution < 1.29 is 13.7 Å². The molecule has 0 amide bonds. The van der Waals surface area contributed by atoms with Crippen LogP contribution in [0.1, 0.15) is 0 Å². The van der Waals surface area contributed by atoms with Crippen molar-refractivity contribution in [3.63, 3.8) is 0 Å². The third-order valence-corrected chi connectivity index (χ3v) is 2.09. The van der Waals surface area contributed by atoms with Crippen molar-refractivity contribution in [3.8, 4) is 0 Å². The third-order valence-electron chi connectivity index (χ3n) is 2.09. The van der Waals surface area contributed by atoms with Crippen LogP contribution in [0.15, 0.2) is 12.1 Å². The van der Waals surface area contributed by atoms with Gasteiger partial charge in [-0.1, -0.05) is 0 Å². The van der Waals surface area contributed by atoms with E-state index in [0.717, 1.165) is 12.1 Å². The normalized spacial score (nSPS) is 10.2. The molecule has 0 spiro atoms. The van der Waals surface area contributed by atoms with Gasteiger partial charge < -0.3 is 10.6 Å². The Morgan fingerprint density at radius 1 is 1.50 bits per heavy atom. The van der Waals surface area contributed by atoms with E-state index in [1.807, 2.05) is 0 Å². The SMILES string of the molecule is CN(CCN)c1c([N+](=O)[O-])ccc(F)c1F. The standard InChI is InChI=1S/C9H11F2N3O2/c1-13(5-4-12)9-7(14(15)16)3-2-6(10)8(9)11/h2-3H,4-5,12H2,1H3. The predicted molar refractivity (Wildman–Crippen MR) is 55.3 cm³/mol. The van der Waals surface area contributed by atoms with Gasteiger partial charge in [-0.3, -0.25) is 10.1 Å². The summed E-state index contributed by atoms with van der Waals surface area (Å²) >= 11 is 0. The molecule has 0 heterocycles. The first-order valence-electron chi connectivity index (χ1n) is 4.52. The van der Waals surface area contributed by atoms with Crippen molar-refractivity contribution in [2.45, 2.75) is 0 Å². The minimum absolute atomic E-state index is 0.184. The van der Waals surface area contributed by atoms with Crippen LogP contribution in [-0.4, -0.2) is 25.1 Å². The molecule has 0 bridgehead atoms. The molecule has 1 rings (SSSR count). The molecule has 0 aromatic heterocycles. The zero-order chi connectivity index (χ0) is 12.3. The van der Waals surface area contributed by atoms with E-state index in [9.17, 15) is 18.9 Å². The van der Waals surface area contributed by atoms with Crippen LogP contribution in [0.2, 0.25) is 0 Å². The van der Waals surface area contributed by atoms with Crippen LogP contribution >= 0.6 is 0 Å². The van der Waals surface area contributed by atoms with Crippen molar-refractivity contribution in [3.05, 3.63) is 33.9 Å². The quantitative estimate of drug-likeness (QED) is 0.625. The molecule has 0 atom stereocenters. The number of nitro groups is 1. The number of likely N-dealkylation sites (N-methyl/N-ethyl adjacent to an activating group) is 1. The van der Waals surface area contributed by atoms with Crippen LogP contribution in [0, 0.1) is 21.7 Å². The number of halogens is 2. The first-order chi connectivity index (χ1) is 7.49. The summed E-state index contributed by atoms with van der Waals surface area (Å²) in [6.45, 7) is 0.380. The zero-order valence-corrected chi connectivity index (χ0v) is 8.61. The van der Waals surface area contributed by atoms with Gasteiger partial charge in [0, 0.05) is 26.2 Å². The fourth-order valence-corrected chi connectivity index (χ4v) is 1.35. The molecule has 0 unspecified atom stereocenters. The van der Waals surface area contributed by atoms with Crippen LogP contribution in [0.25, 0.3) is 0 Å². The molecule has 16 heavy (non-hydrogen) atoms. The number of nitro benzene ring substituents is 1. The van der Waals surface area contributed by atoms with Gasteiger partial charge >= 0.3 is 0 Å². The number of nitrogens with zero attached hydrogens (tertiary/aromatic N) is 2. The highest BCUT2D eigenvalue weighted by Crippen LogP contribution is 2.31. The molecular weight excluding hydrogens is 220 g/mol. The molecule has 0 saturated heterocycles. The van der Waals surface area contributed by atoms with Crippen LogP contribution < -0.4 is 10.6 Å². The number of hydrogen-bond acceptors (Lipinski definition) is 4. The lowest BCUT2D eigenvalue weighted by Crippen LogP contribution is -2.26. The minimum atomic E-state index is -1.23. The summed E-state index contributed by atoms with van der Waals surface area (Å²) in [4.78, 5) is 11.1. The Hall–Kier alpha value is -1.76. The molecule has 1 aromatic rings. The van der Waals surface area contributed by atoms with Crippen molar-refractivity contribution >= 4 is 11.4 Å². The number of hydrogen-bond donors (Lipinski definition) is 1. The van der Waals surface area contributed by atoms with E-state index >= 15 is 0 Å². The number of benzene rings is 1. The zero-order valence-electron chi connectivity index (χ0n) is 8.61. The van der Waals surface area contributed by atoms with Crippen LogP contribution in [0.4, 0.5) is 20.2 Å². The second-order valence-corrected chi connectivity index (χ2v) is 3.20. The van der Waals surface area contributed by atoms with Gasteiger partial charge in [0.15, 0.2) is 17.3 Å². The highest BCUT2D eigenvalue weighted by molar-refractivity contribution is 5.63. The van der Waals surface area contributed by atoms with E-state index in [0.29, 0.717) is 0 Å². The van der Waals surface area contributed by atoms with E-state index in [4.69, 9.17) is 5.73 Å². The molecule has 0 fully saturated rings. The highest BCUT2D eigenvalue weighted by Gasteiger charge is 2.24. The average molecular weight is 231 g/mol. The fraction of sp³-hybridized carbons (Fsp3) is 0.333. The molecule has 88 valence electrons. The lowest BCUT2D eigenvalue weighted by atomic mass is 10.2. The topological polar surface area (TPSA) is 72.4 Å². The Bertz CT molecular complexity index is 412. The number of rotatable bonds is 4. The summed E-state index contributed by atoms with van der Waals surface area (Å²) in [6, 6.07) is 1.66. The summed E-state index contributed by atoms with van der Waals surface area (Å²) in [5, 5.41) is 10.7. The van der Waals surface area contributed by atoms with Crippen LogP contribution in [0.5, 0.6) is 0 Å². The second kappa shape index (κ2) is 4.84. The molecule has 1 aromatic carbocycles. The maximum absolute atomic E-state index is 13.4. The lowest BCUT2D eigenvalue weighted by Gasteiger charge is -2.18. The van der Waals surface area contributed by atoms with Gasteiger partial charge in [-0.25, -0.2) is 8.78 Å². The van der Waals surface area contributed by atoms with E-state index in [2.05, 4.69) is 0 Å². The van der Waals surface area contributed by atoms with Gasteiger partial charge in [-0.05, 0) is 6.07 Å². The third kappa shape index (κ3) is 2.25. The van der Waals surface area contributed by atoms with Gasteiger partial charge in [0.05, 0.1) is 4.92 Å². The fourth-order valence-electron chi connectivity index (χ4n) is 1.35. The predicted octanol–water partition coefficient (Wildman–Crippen LogP) is 1.27. The molecule has 0 saturated carbocycles. The summed E-state index contributed by atoms with van der Waals surface area (Å²) < 4.78 is 26.4. The first-order valence-corrected chi connectivity index (χ1v) is 4.52. The molecule has 0 aliphatic heterocycles. The average Bonchev–Trinajstić information content (AvgIpc) is 2.21. The van der Waals surface area contributed by atoms with E-state index < -0.39 is 22.2 Å². The van der Waals surface area contributed by atoms with E-state index in [1.54, 1.807) is 0 Å². The maximum Gasteiger partial charge on any atom is 0.295 e. The molecule has 5 nitrogen and oxygen atoms in total. The molecule has 7 heteroatoms. The van der Waals surface area contributed by atoms with E-state index in [-0.39, 0.29) is 18.8 Å². The largest absolute Gasteiger partial charge is 0.365 e. The summed E-state index contributed by atoms with van der Waals surface area (Å²) in [6.07, 6.45) is 0. The van der Waals surface area contributed by atoms with Gasteiger partial charge in [0.2, 0.25) is 0 Å². The molecule has 0 radical (unpaired) electrons. The maximum atomic E-state index is 13.4. The Balaban J connectivity index is 3.31. The first kappa shape index (κ1) is 12.3.